The summed E-state index contributed by atoms with van der Waals surface area (Å²) in [6.45, 7) is 0. The molecule has 2 aromatic carbocycles. The Morgan fingerprint density at radius 1 is 1.09 bits per heavy atom. The highest BCUT2D eigenvalue weighted by atomic mass is 19.4. The van der Waals surface area contributed by atoms with Crippen LogP contribution in [0.1, 0.15) is 56.7 Å². The van der Waals surface area contributed by atoms with E-state index in [1.54, 1.807) is 0 Å². The molecule has 1 aliphatic carbocycles. The van der Waals surface area contributed by atoms with Gasteiger partial charge in [0.25, 0.3) is 5.91 Å². The summed E-state index contributed by atoms with van der Waals surface area (Å²) in [5.74, 6) is -2.14. The van der Waals surface area contributed by atoms with Crippen molar-refractivity contribution in [3.63, 3.8) is 0 Å². The highest BCUT2D eigenvalue weighted by molar-refractivity contribution is 6.06. The number of aromatic nitrogens is 3. The number of hydrogen-bond donors (Lipinski definition) is 1. The van der Waals surface area contributed by atoms with Crippen LogP contribution in [0.3, 0.4) is 0 Å². The molecule has 15 heteroatoms. The number of amides is 1. The van der Waals surface area contributed by atoms with E-state index in [4.69, 9.17) is 9.84 Å². The highest BCUT2D eigenvalue weighted by Gasteiger charge is 2.44. The fraction of sp³-hybridized carbons (Fsp3) is 0.241. The molecule has 0 bridgehead atoms. The van der Waals surface area contributed by atoms with Gasteiger partial charge in [0.2, 0.25) is 0 Å². The third-order valence-electron chi connectivity index (χ3n) is 7.14. The molecule has 2 aliphatic rings. The molecule has 4 aromatic rings. The van der Waals surface area contributed by atoms with Crippen LogP contribution in [-0.4, -0.2) is 45.1 Å². The first kappa shape index (κ1) is 28.9. The maximum Gasteiger partial charge on any atom is 0.586 e. The van der Waals surface area contributed by atoms with Crippen molar-refractivity contribution in [2.45, 2.75) is 37.8 Å². The molecule has 1 amide bonds. The van der Waals surface area contributed by atoms with Gasteiger partial charge in [0.1, 0.15) is 17.5 Å². The lowest BCUT2D eigenvalue weighted by atomic mass is 9.93. The molecule has 0 spiro atoms. The van der Waals surface area contributed by atoms with Crippen molar-refractivity contribution in [1.82, 2.24) is 14.8 Å². The van der Waals surface area contributed by atoms with Gasteiger partial charge in [0.15, 0.2) is 17.2 Å². The first-order valence-electron chi connectivity index (χ1n) is 13.1. The van der Waals surface area contributed by atoms with Gasteiger partial charge in [0.05, 0.1) is 17.6 Å². The molecule has 0 unspecified atom stereocenters. The quantitative estimate of drug-likeness (QED) is 0.261. The second-order valence-corrected chi connectivity index (χ2v) is 10.0. The zero-order valence-electron chi connectivity index (χ0n) is 22.6. The summed E-state index contributed by atoms with van der Waals surface area (Å²) in [5.41, 5.74) is -0.784. The van der Waals surface area contributed by atoms with Crippen LogP contribution in [0.15, 0.2) is 60.8 Å². The SMILES string of the molecule is CN(C(=O)c1cccc(-n2nc(C(F)(F)F)c3c2[C@@H](Oc2ccc(C(=O)O)nc2)CCC3)c1)c1ccc2c(c1)OC(F)(F)O2. The molecule has 0 saturated carbocycles. The zero-order valence-corrected chi connectivity index (χ0v) is 22.6. The number of fused-ring (bicyclic) bond motifs is 2. The van der Waals surface area contributed by atoms with Crippen LogP contribution >= 0.6 is 0 Å². The average Bonchev–Trinajstić information content (AvgIpc) is 3.53. The molecule has 2 aromatic heterocycles. The van der Waals surface area contributed by atoms with E-state index in [1.165, 1.54) is 72.7 Å². The van der Waals surface area contributed by atoms with Gasteiger partial charge in [-0.1, -0.05) is 6.07 Å². The number of aromatic carboxylic acids is 1. The standard InChI is InChI=1S/C29H21F5N4O6/c1-37(16-8-11-21-23(13-16)44-29(33,34)43-21)26(39)15-4-2-5-17(12-15)38-24-19(25(36-38)28(30,31)32)6-3-7-22(24)42-18-9-10-20(27(40)41)35-14-18/h2,4-5,8-14,22H,3,6-7H2,1H3,(H,40,41)/t22-/m0/s1. The van der Waals surface area contributed by atoms with Gasteiger partial charge in [-0.25, -0.2) is 14.5 Å². The number of nitrogens with zero attached hydrogens (tertiary/aromatic N) is 4. The third kappa shape index (κ3) is 5.36. The van der Waals surface area contributed by atoms with Crippen LogP contribution < -0.4 is 19.1 Å². The van der Waals surface area contributed by atoms with Crippen LogP contribution in [-0.2, 0) is 12.6 Å². The van der Waals surface area contributed by atoms with E-state index in [0.717, 1.165) is 4.68 Å². The lowest BCUT2D eigenvalue weighted by molar-refractivity contribution is -0.286. The Morgan fingerprint density at radius 2 is 1.86 bits per heavy atom. The van der Waals surface area contributed by atoms with Crippen molar-refractivity contribution in [3.8, 4) is 22.9 Å². The molecule has 6 rings (SSSR count). The number of halogens is 5. The number of rotatable bonds is 6. The van der Waals surface area contributed by atoms with Crippen LogP contribution in [0, 0.1) is 0 Å². The number of carboxylic acid groups (broad SMARTS) is 1. The van der Waals surface area contributed by atoms with E-state index >= 15 is 0 Å². The summed E-state index contributed by atoms with van der Waals surface area (Å²) in [6.07, 6.45) is -7.53. The predicted molar refractivity (Wildman–Crippen MR) is 141 cm³/mol. The number of carboxylic acids is 1. The molecule has 1 aliphatic heterocycles. The van der Waals surface area contributed by atoms with E-state index in [-0.39, 0.29) is 57.6 Å². The number of alkyl halides is 5. The average molecular weight is 616 g/mol. The first-order valence-corrected chi connectivity index (χ1v) is 13.1. The summed E-state index contributed by atoms with van der Waals surface area (Å²) in [6, 6.07) is 12.2. The van der Waals surface area contributed by atoms with Gasteiger partial charge in [-0.2, -0.15) is 18.3 Å². The van der Waals surface area contributed by atoms with Crippen LogP contribution in [0.4, 0.5) is 27.6 Å². The number of pyridine rings is 1. The Hall–Kier alpha value is -5.21. The number of carbonyl (C=O) groups excluding carboxylic acids is 1. The molecule has 44 heavy (non-hydrogen) atoms. The van der Waals surface area contributed by atoms with Crippen molar-refractivity contribution < 1.29 is 50.9 Å². The maximum atomic E-state index is 14.1. The minimum atomic E-state index is -4.77. The van der Waals surface area contributed by atoms with E-state index in [9.17, 15) is 31.5 Å². The van der Waals surface area contributed by atoms with Gasteiger partial charge >= 0.3 is 18.4 Å². The molecule has 1 atom stereocenters. The fourth-order valence-electron chi connectivity index (χ4n) is 5.15. The minimum Gasteiger partial charge on any atom is -0.482 e. The molecule has 10 nitrogen and oxygen atoms in total. The van der Waals surface area contributed by atoms with Crippen molar-refractivity contribution in [2.24, 2.45) is 0 Å². The smallest absolute Gasteiger partial charge is 0.482 e. The zero-order chi connectivity index (χ0) is 31.4. The largest absolute Gasteiger partial charge is 0.586 e. The number of hydrogen-bond acceptors (Lipinski definition) is 7. The van der Waals surface area contributed by atoms with E-state index in [1.807, 2.05) is 0 Å². The number of anilines is 1. The highest BCUT2D eigenvalue weighted by Crippen LogP contribution is 2.44. The van der Waals surface area contributed by atoms with E-state index < -0.39 is 36.1 Å². The van der Waals surface area contributed by atoms with Crippen molar-refractivity contribution in [1.29, 1.82) is 0 Å². The normalized spacial score (nSPS) is 16.7. The van der Waals surface area contributed by atoms with Gasteiger partial charge in [0, 0.05) is 29.9 Å². The molecular weight excluding hydrogens is 595 g/mol. The minimum absolute atomic E-state index is 0.0464. The maximum absolute atomic E-state index is 14.1. The third-order valence-corrected chi connectivity index (χ3v) is 7.14. The second-order valence-electron chi connectivity index (χ2n) is 10.0. The van der Waals surface area contributed by atoms with Gasteiger partial charge in [-0.05, 0) is 61.7 Å². The Labute approximate surface area is 245 Å². The van der Waals surface area contributed by atoms with Crippen molar-refractivity contribution >= 4 is 17.6 Å². The monoisotopic (exact) mass is 616 g/mol. The molecule has 0 radical (unpaired) electrons. The lowest BCUT2D eigenvalue weighted by Gasteiger charge is -2.26. The van der Waals surface area contributed by atoms with E-state index in [2.05, 4.69) is 19.6 Å². The van der Waals surface area contributed by atoms with Gasteiger partial charge in [-0.3, -0.25) is 4.79 Å². The Bertz CT molecular complexity index is 1770. The summed E-state index contributed by atoms with van der Waals surface area (Å²) in [7, 11) is 1.40. The van der Waals surface area contributed by atoms with Gasteiger partial charge in [-0.15, -0.1) is 8.78 Å². The van der Waals surface area contributed by atoms with Crippen molar-refractivity contribution in [3.05, 3.63) is 89.0 Å². The van der Waals surface area contributed by atoms with Gasteiger partial charge < -0.3 is 24.2 Å². The summed E-state index contributed by atoms with van der Waals surface area (Å²) < 4.78 is 85.2. The molecule has 0 fully saturated rings. The van der Waals surface area contributed by atoms with Crippen LogP contribution in [0.2, 0.25) is 0 Å². The first-order chi connectivity index (χ1) is 20.8. The topological polar surface area (TPSA) is 116 Å². The number of carbonyl (C=O) groups is 2. The molecule has 3 heterocycles. The summed E-state index contributed by atoms with van der Waals surface area (Å²) in [5, 5.41) is 13.0. The molecule has 228 valence electrons. The number of ether oxygens (including phenoxy) is 3. The van der Waals surface area contributed by atoms with Crippen LogP contribution in [0.5, 0.6) is 17.2 Å². The summed E-state index contributed by atoms with van der Waals surface area (Å²) >= 11 is 0. The Morgan fingerprint density at radius 3 is 2.57 bits per heavy atom. The second kappa shape index (κ2) is 10.5. The Kier molecular flexibility index (Phi) is 6.89. The lowest BCUT2D eigenvalue weighted by Crippen LogP contribution is -2.26. The molecular formula is C29H21F5N4O6. The summed E-state index contributed by atoms with van der Waals surface area (Å²) in [4.78, 5) is 29.5. The van der Waals surface area contributed by atoms with Crippen LogP contribution in [0.25, 0.3) is 5.69 Å². The predicted octanol–water partition coefficient (Wildman–Crippen LogP) is 6.04. The van der Waals surface area contributed by atoms with E-state index in [0.29, 0.717) is 12.8 Å². The Balaban J connectivity index is 1.34. The van der Waals surface area contributed by atoms with Crippen molar-refractivity contribution in [2.75, 3.05) is 11.9 Å². The number of benzene rings is 2. The fourth-order valence-corrected chi connectivity index (χ4v) is 5.15. The molecule has 0 saturated heterocycles. The molecule has 1 N–H and O–H groups in total.